The summed E-state index contributed by atoms with van der Waals surface area (Å²) in [6.07, 6.45) is 28.4. The molecule has 508 valence electrons. The van der Waals surface area contributed by atoms with Gasteiger partial charge in [-0.15, -0.1) is 17.9 Å². The number of carbonyl (C=O) groups is 2. The lowest BCUT2D eigenvalue weighted by Crippen LogP contribution is -2.61. The van der Waals surface area contributed by atoms with Gasteiger partial charge in [-0.3, -0.25) is 9.59 Å². The van der Waals surface area contributed by atoms with Crippen molar-refractivity contribution in [1.82, 2.24) is 0 Å². The summed E-state index contributed by atoms with van der Waals surface area (Å²) in [5, 5.41) is 0. The highest BCUT2D eigenvalue weighted by atomic mass is 32.0. The van der Waals surface area contributed by atoms with E-state index < -0.39 is 92.3 Å². The lowest BCUT2D eigenvalue weighted by molar-refractivity contribution is -0.322. The van der Waals surface area contributed by atoms with Crippen LogP contribution in [0.5, 0.6) is 0 Å². The summed E-state index contributed by atoms with van der Waals surface area (Å²) < 4.78 is 82.5. The van der Waals surface area contributed by atoms with Crippen LogP contribution in [0.2, 0.25) is 35.3 Å². The molecule has 9 unspecified atom stereocenters. The van der Waals surface area contributed by atoms with Crippen molar-refractivity contribution >= 4 is 61.7 Å². The molecule has 0 saturated carbocycles. The normalized spacial score (nSPS) is 35.8. The van der Waals surface area contributed by atoms with Crippen LogP contribution in [0.25, 0.3) is 0 Å². The van der Waals surface area contributed by atoms with Crippen LogP contribution in [0.15, 0.2) is 97.7 Å². The first-order chi connectivity index (χ1) is 42.2. The third kappa shape index (κ3) is 25.3. The van der Waals surface area contributed by atoms with Crippen molar-refractivity contribution in [3.8, 4) is 0 Å². The van der Waals surface area contributed by atoms with E-state index in [-0.39, 0.29) is 91.8 Å². The number of ether oxygens (including phenoxy) is 10. The summed E-state index contributed by atoms with van der Waals surface area (Å²) >= 11 is 0. The molecule has 4 heterocycles. The maximum atomic E-state index is 14.9. The fourth-order valence-corrected chi connectivity index (χ4v) is 22.4. The lowest BCUT2D eigenvalue weighted by Gasteiger charge is -2.52. The molecule has 3 fully saturated rings. The molecule has 4 rings (SSSR count). The average Bonchev–Trinajstić information content (AvgIpc) is 1.16. The number of allylic oxidation sites excluding steroid dienone is 13. The molecule has 0 aromatic rings. The summed E-state index contributed by atoms with van der Waals surface area (Å²) in [7, 11) is 1.11. The lowest BCUT2D eigenvalue weighted by atomic mass is 9.82. The number of fused-ring (bicyclic) bond motifs is 6. The molecule has 0 aromatic carbocycles. The fourth-order valence-electron chi connectivity index (χ4n) is 12.9. The number of hydrogen-bond acceptors (Lipinski definition) is 14. The van der Waals surface area contributed by atoms with E-state index >= 15 is 0 Å². The quantitative estimate of drug-likeness (QED) is 0.0375. The molecule has 20 heteroatoms. The maximum Gasteiger partial charge on any atom is 0.314 e. The van der Waals surface area contributed by atoms with Gasteiger partial charge in [-0.2, -0.15) is 0 Å². The van der Waals surface area contributed by atoms with Crippen LogP contribution in [0.1, 0.15) is 155 Å². The number of methoxy groups -OCH3 is 1. The standard InChI is InChI=1S/C69H120O14P4Si2/c1-20-41-73-66(71)65-62-43-56(76-55(16)74-48(6)7)38-36-34-32-30-28-26-25-27-29-31-33-35-37-51(12)52(13)53(14)54(15)75-64(70)45-58-42-57(77-67(78-58)86(18)84)39-40-60(82-88(21-2,22-3)49(8)9)61-44-59(79-68(80-61)87(19)85)46-69(72-17,81-62)47-63(65)83-89(23-4,24-5)50(10)11/h20,25-38,48-63,65,67-68H,1,21-24,39-47,84-85H2,2-19H3/b26-25+,29-27+,30-28+,33-31+,34-32+,37-35+,38-36+/t51-,52+,53+,54-,55-,56-,57?,58+,59?,60+,61+,62?,63-,65-,67?,68?,69+,86?,87?/m0/s1. The molecule has 0 amide bonds. The second-order valence-electron chi connectivity index (χ2n) is 26.1. The molecule has 0 spiro atoms. The first-order valence-corrected chi connectivity index (χ1v) is 45.1. The molecule has 4 aliphatic rings. The van der Waals surface area contributed by atoms with Crippen LogP contribution < -0.4 is 0 Å². The van der Waals surface area contributed by atoms with E-state index in [1.54, 1.807) is 13.2 Å². The van der Waals surface area contributed by atoms with Gasteiger partial charge in [-0.1, -0.05) is 174 Å². The van der Waals surface area contributed by atoms with Gasteiger partial charge in [0, 0.05) is 39.2 Å². The van der Waals surface area contributed by atoms with Crippen molar-refractivity contribution in [1.29, 1.82) is 0 Å². The minimum Gasteiger partial charge on any atom is -0.462 e. The second kappa shape index (κ2) is 40.2. The summed E-state index contributed by atoms with van der Waals surface area (Å²) in [6, 6.07) is 2.63. The molecule has 3 saturated heterocycles. The smallest absolute Gasteiger partial charge is 0.314 e. The minimum atomic E-state index is -2.51. The van der Waals surface area contributed by atoms with E-state index in [1.807, 2.05) is 101 Å². The molecule has 0 N–H and O–H groups in total. The SMILES string of the molecule is C=CCOC(=O)[C@H]1C2C[C@@H](O[C@@H](C)OC(C)C)/C=C/C=C/C=C/C=C/C=C/C=C/C=C/[C@H](C)[C@@H](C)[C@@H](C)[C@H](C)OC(=O)C[C@H]3CC(CC[C@@H](O[Si](CC)(CC)C(C)C)[C@H]4CC(C[C@](OC)(C[C@@H]1O[Si](CC)(CC)C(C)C)O2)OC(P(C)P)O4)OC(P(C)P)O3. The van der Waals surface area contributed by atoms with Crippen molar-refractivity contribution in [3.05, 3.63) is 97.7 Å². The molecule has 21 atom stereocenters. The van der Waals surface area contributed by atoms with Crippen LogP contribution in [0.4, 0.5) is 0 Å². The van der Waals surface area contributed by atoms with E-state index in [1.165, 1.54) is 0 Å². The van der Waals surface area contributed by atoms with Crippen LogP contribution in [0, 0.1) is 23.7 Å². The van der Waals surface area contributed by atoms with Crippen molar-refractivity contribution in [2.75, 3.05) is 27.0 Å². The van der Waals surface area contributed by atoms with Gasteiger partial charge in [0.15, 0.2) is 40.8 Å². The van der Waals surface area contributed by atoms with Crippen LogP contribution in [-0.2, 0) is 65.8 Å². The van der Waals surface area contributed by atoms with Gasteiger partial charge < -0.3 is 56.2 Å². The number of hydrogen-bond donors (Lipinski definition) is 0. The molecule has 0 aliphatic carbocycles. The second-order valence-corrected chi connectivity index (χ2v) is 44.3. The topological polar surface area (TPSA) is 145 Å². The van der Waals surface area contributed by atoms with E-state index in [0.29, 0.717) is 37.6 Å². The molecule has 89 heavy (non-hydrogen) atoms. The number of rotatable bonds is 20. The first kappa shape index (κ1) is 80.0. The summed E-state index contributed by atoms with van der Waals surface area (Å²) in [5.41, 5.74) is 0.600. The Hall–Kier alpha value is -1.39. The van der Waals surface area contributed by atoms with Crippen molar-refractivity contribution in [2.24, 2.45) is 23.7 Å². The largest absolute Gasteiger partial charge is 0.462 e. The average molecular weight is 1350 g/mol. The zero-order chi connectivity index (χ0) is 66.1. The van der Waals surface area contributed by atoms with E-state index in [9.17, 15) is 9.59 Å². The zero-order valence-electron chi connectivity index (χ0n) is 57.8. The predicted molar refractivity (Wildman–Crippen MR) is 379 cm³/mol. The fraction of sp³-hybridized carbons (Fsp3) is 0.739. The molecule has 0 radical (unpaired) electrons. The highest BCUT2D eigenvalue weighted by Crippen LogP contribution is 2.53. The minimum absolute atomic E-state index is 0.0373. The van der Waals surface area contributed by atoms with E-state index in [4.69, 9.17) is 56.2 Å². The van der Waals surface area contributed by atoms with Crippen molar-refractivity contribution in [2.45, 2.75) is 276 Å². The summed E-state index contributed by atoms with van der Waals surface area (Å²) in [5.74, 6) is -2.17. The Kier molecular flexibility index (Phi) is 36.2. The Morgan fingerprint density at radius 3 is 1.71 bits per heavy atom. The van der Waals surface area contributed by atoms with E-state index in [0.717, 1.165) is 24.2 Å². The highest BCUT2D eigenvalue weighted by molar-refractivity contribution is 8.13. The molecule has 4 aliphatic heterocycles. The third-order valence-electron chi connectivity index (χ3n) is 18.9. The van der Waals surface area contributed by atoms with Gasteiger partial charge >= 0.3 is 11.9 Å². The number of carbonyl (C=O) groups excluding carboxylic acids is 2. The first-order valence-electron chi connectivity index (χ1n) is 33.4. The van der Waals surface area contributed by atoms with Crippen LogP contribution in [-0.4, -0.2) is 141 Å². The Morgan fingerprint density at radius 2 is 1.19 bits per heavy atom. The summed E-state index contributed by atoms with van der Waals surface area (Å²) in [4.78, 5) is 28.8. The Morgan fingerprint density at radius 1 is 0.674 bits per heavy atom. The highest BCUT2D eigenvalue weighted by Gasteiger charge is 2.56. The van der Waals surface area contributed by atoms with Gasteiger partial charge in [0.2, 0.25) is 0 Å². The number of esters is 2. The maximum absolute atomic E-state index is 14.9. The van der Waals surface area contributed by atoms with Gasteiger partial charge in [0.1, 0.15) is 18.6 Å². The predicted octanol–water partition coefficient (Wildman–Crippen LogP) is 17.6. The Labute approximate surface area is 548 Å². The molecular weight excluding hydrogens is 1230 g/mol. The van der Waals surface area contributed by atoms with Crippen molar-refractivity contribution < 1.29 is 65.8 Å². The van der Waals surface area contributed by atoms with E-state index in [2.05, 4.69) is 126 Å². The number of cyclic esters (lactones) is 1. The zero-order valence-corrected chi connectivity index (χ0v) is 63.9. The monoisotopic (exact) mass is 1350 g/mol. The van der Waals surface area contributed by atoms with Crippen LogP contribution in [0.3, 0.4) is 0 Å². The molecule has 0 aromatic heterocycles. The Bertz CT molecular complexity index is 2300. The molecule has 14 nitrogen and oxygen atoms in total. The van der Waals surface area contributed by atoms with Gasteiger partial charge in [0.05, 0.1) is 61.4 Å². The third-order valence-corrected chi connectivity index (χ3v) is 32.8. The van der Waals surface area contributed by atoms with Gasteiger partial charge in [0.25, 0.3) is 0 Å². The van der Waals surface area contributed by atoms with Gasteiger partial charge in [-0.25, -0.2) is 0 Å². The molecular formula is C69H120O14P4Si2. The molecule has 6 bridgehead atoms. The van der Waals surface area contributed by atoms with Gasteiger partial charge in [-0.05, 0) is 122 Å². The van der Waals surface area contributed by atoms with Crippen molar-refractivity contribution in [3.63, 3.8) is 0 Å². The summed E-state index contributed by atoms with van der Waals surface area (Å²) in [6.45, 7) is 40.8. The Balaban J connectivity index is 1.92. The van der Waals surface area contributed by atoms with Crippen LogP contribution >= 0.6 is 33.1 Å².